The molecule has 1 aliphatic rings. The molecule has 0 unspecified atom stereocenters. The highest BCUT2D eigenvalue weighted by Gasteiger charge is 2.32. The zero-order valence-corrected chi connectivity index (χ0v) is 16.5. The van der Waals surface area contributed by atoms with Crippen LogP contribution in [0, 0.1) is 0 Å². The van der Waals surface area contributed by atoms with E-state index >= 15 is 0 Å². The summed E-state index contributed by atoms with van der Waals surface area (Å²) in [6.45, 7) is -0.362. The van der Waals surface area contributed by atoms with E-state index in [0.717, 1.165) is 27.8 Å². The van der Waals surface area contributed by atoms with E-state index < -0.39 is 12.7 Å². The molecule has 4 rings (SSSR count). The van der Waals surface area contributed by atoms with Crippen LogP contribution >= 0.6 is 0 Å². The van der Waals surface area contributed by atoms with Crippen molar-refractivity contribution >= 4 is 17.7 Å². The molecule has 1 amide bonds. The number of nitrogens with one attached hydrogen (secondary N) is 2. The van der Waals surface area contributed by atoms with Crippen LogP contribution in [0.25, 0.3) is 17.2 Å². The zero-order chi connectivity index (χ0) is 21.8. The lowest BCUT2D eigenvalue weighted by atomic mass is 9.99. The van der Waals surface area contributed by atoms with E-state index in [0.29, 0.717) is 18.7 Å². The predicted octanol–water partition coefficient (Wildman–Crippen LogP) is 4.04. The summed E-state index contributed by atoms with van der Waals surface area (Å²) in [4.78, 5) is 17.9. The largest absolute Gasteiger partial charge is 0.401 e. The van der Waals surface area contributed by atoms with E-state index in [2.05, 4.69) is 20.5 Å². The van der Waals surface area contributed by atoms with Gasteiger partial charge in [0.05, 0.1) is 12.7 Å². The smallest absolute Gasteiger partial charge is 0.323 e. The number of benzene rings is 1. The SMILES string of the molecule is O=C(C=Cc1cnccc1-c1cn[nH]c1)Nc1ccc2c(c1)CN(CC(F)(F)F)CC2. The number of anilines is 1. The van der Waals surface area contributed by atoms with Crippen molar-refractivity contribution in [3.05, 3.63) is 71.8 Å². The molecule has 2 aromatic heterocycles. The van der Waals surface area contributed by atoms with Gasteiger partial charge >= 0.3 is 6.18 Å². The van der Waals surface area contributed by atoms with Gasteiger partial charge in [-0.15, -0.1) is 0 Å². The van der Waals surface area contributed by atoms with Crippen molar-refractivity contribution in [3.8, 4) is 11.1 Å². The first-order valence-corrected chi connectivity index (χ1v) is 9.70. The van der Waals surface area contributed by atoms with Gasteiger partial charge in [-0.3, -0.25) is 19.8 Å². The molecule has 9 heteroatoms. The first-order chi connectivity index (χ1) is 14.9. The Labute approximate surface area is 176 Å². The Hall–Kier alpha value is -3.46. The number of alkyl halides is 3. The number of nitrogens with zero attached hydrogens (tertiary/aromatic N) is 3. The highest BCUT2D eigenvalue weighted by atomic mass is 19.4. The monoisotopic (exact) mass is 427 g/mol. The number of aromatic nitrogens is 3. The number of carbonyl (C=O) groups excluding carboxylic acids is 1. The topological polar surface area (TPSA) is 73.9 Å². The van der Waals surface area contributed by atoms with Gasteiger partial charge in [0.15, 0.2) is 0 Å². The normalized spacial score (nSPS) is 14.5. The summed E-state index contributed by atoms with van der Waals surface area (Å²) < 4.78 is 38.1. The molecule has 0 saturated heterocycles. The van der Waals surface area contributed by atoms with Crippen LogP contribution in [0.1, 0.15) is 16.7 Å². The summed E-state index contributed by atoms with van der Waals surface area (Å²) >= 11 is 0. The van der Waals surface area contributed by atoms with Gasteiger partial charge in [0, 0.05) is 54.6 Å². The molecule has 6 nitrogen and oxygen atoms in total. The number of hydrogen-bond donors (Lipinski definition) is 2. The zero-order valence-electron chi connectivity index (χ0n) is 16.5. The van der Waals surface area contributed by atoms with Crippen LogP contribution in [0.2, 0.25) is 0 Å². The van der Waals surface area contributed by atoms with E-state index in [-0.39, 0.29) is 12.5 Å². The molecule has 160 valence electrons. The van der Waals surface area contributed by atoms with Crippen molar-refractivity contribution in [1.82, 2.24) is 20.1 Å². The van der Waals surface area contributed by atoms with Crippen molar-refractivity contribution in [2.24, 2.45) is 0 Å². The lowest BCUT2D eigenvalue weighted by Crippen LogP contribution is -2.38. The number of hydrogen-bond acceptors (Lipinski definition) is 4. The Bertz CT molecular complexity index is 1090. The Morgan fingerprint density at radius 2 is 2.10 bits per heavy atom. The van der Waals surface area contributed by atoms with Crippen LogP contribution in [0.5, 0.6) is 0 Å². The van der Waals surface area contributed by atoms with Gasteiger partial charge in [0.25, 0.3) is 0 Å². The summed E-state index contributed by atoms with van der Waals surface area (Å²) in [6.07, 6.45) is 6.14. The molecule has 1 aromatic carbocycles. The Morgan fingerprint density at radius 3 is 2.87 bits per heavy atom. The molecule has 3 heterocycles. The van der Waals surface area contributed by atoms with Crippen LogP contribution in [-0.4, -0.2) is 45.3 Å². The quantitative estimate of drug-likeness (QED) is 0.603. The minimum absolute atomic E-state index is 0.206. The van der Waals surface area contributed by atoms with Crippen LogP contribution < -0.4 is 5.32 Å². The second-order valence-electron chi connectivity index (χ2n) is 7.33. The van der Waals surface area contributed by atoms with E-state index in [1.165, 1.54) is 11.0 Å². The van der Waals surface area contributed by atoms with Crippen molar-refractivity contribution in [2.45, 2.75) is 19.1 Å². The summed E-state index contributed by atoms with van der Waals surface area (Å²) in [5.41, 5.74) is 4.86. The van der Waals surface area contributed by atoms with Crippen molar-refractivity contribution in [2.75, 3.05) is 18.4 Å². The average Bonchev–Trinajstić information content (AvgIpc) is 3.26. The maximum atomic E-state index is 12.7. The summed E-state index contributed by atoms with van der Waals surface area (Å²) in [5, 5.41) is 9.46. The summed E-state index contributed by atoms with van der Waals surface area (Å²) in [5.74, 6) is -0.343. The summed E-state index contributed by atoms with van der Waals surface area (Å²) in [7, 11) is 0. The van der Waals surface area contributed by atoms with E-state index in [1.807, 2.05) is 12.1 Å². The fraction of sp³-hybridized carbons (Fsp3) is 0.227. The van der Waals surface area contributed by atoms with Gasteiger partial charge in [0.1, 0.15) is 0 Å². The molecular weight excluding hydrogens is 407 g/mol. The lowest BCUT2D eigenvalue weighted by molar-refractivity contribution is -0.147. The maximum Gasteiger partial charge on any atom is 0.401 e. The minimum atomic E-state index is -4.23. The number of amides is 1. The highest BCUT2D eigenvalue weighted by Crippen LogP contribution is 2.26. The predicted molar refractivity (Wildman–Crippen MR) is 111 cm³/mol. The molecule has 0 bridgehead atoms. The third kappa shape index (κ3) is 5.37. The molecule has 31 heavy (non-hydrogen) atoms. The van der Waals surface area contributed by atoms with Crippen LogP contribution in [-0.2, 0) is 17.8 Å². The average molecular weight is 427 g/mol. The molecule has 2 N–H and O–H groups in total. The van der Waals surface area contributed by atoms with E-state index in [1.54, 1.807) is 43.0 Å². The van der Waals surface area contributed by atoms with Gasteiger partial charge in [-0.05, 0) is 47.4 Å². The lowest BCUT2D eigenvalue weighted by Gasteiger charge is -2.29. The molecule has 0 saturated carbocycles. The Kier molecular flexibility index (Phi) is 5.85. The van der Waals surface area contributed by atoms with Gasteiger partial charge in [-0.2, -0.15) is 18.3 Å². The van der Waals surface area contributed by atoms with Gasteiger partial charge in [-0.25, -0.2) is 0 Å². The first-order valence-electron chi connectivity index (χ1n) is 9.70. The molecule has 0 radical (unpaired) electrons. The van der Waals surface area contributed by atoms with Crippen LogP contribution in [0.3, 0.4) is 0 Å². The number of carbonyl (C=O) groups is 1. The number of halogens is 3. The molecule has 0 atom stereocenters. The van der Waals surface area contributed by atoms with Gasteiger partial charge < -0.3 is 5.32 Å². The number of rotatable bonds is 5. The first kappa shape index (κ1) is 20.8. The van der Waals surface area contributed by atoms with E-state index in [9.17, 15) is 18.0 Å². The molecule has 0 aliphatic carbocycles. The highest BCUT2D eigenvalue weighted by molar-refractivity contribution is 6.02. The number of pyridine rings is 1. The molecular formula is C22H20F3N5O. The van der Waals surface area contributed by atoms with Crippen LogP contribution in [0.4, 0.5) is 18.9 Å². The number of H-pyrrole nitrogens is 1. The Balaban J connectivity index is 1.44. The minimum Gasteiger partial charge on any atom is -0.323 e. The van der Waals surface area contributed by atoms with Gasteiger partial charge in [-0.1, -0.05) is 6.07 Å². The fourth-order valence-electron chi connectivity index (χ4n) is 3.63. The number of aromatic amines is 1. The van der Waals surface area contributed by atoms with Crippen molar-refractivity contribution in [3.63, 3.8) is 0 Å². The number of fused-ring (bicyclic) bond motifs is 1. The third-order valence-electron chi connectivity index (χ3n) is 5.04. The van der Waals surface area contributed by atoms with Crippen LogP contribution in [0.15, 0.2) is 55.1 Å². The second kappa shape index (κ2) is 8.73. The maximum absolute atomic E-state index is 12.7. The summed E-state index contributed by atoms with van der Waals surface area (Å²) in [6, 6.07) is 7.20. The van der Waals surface area contributed by atoms with Gasteiger partial charge in [0.2, 0.25) is 5.91 Å². The Morgan fingerprint density at radius 1 is 1.23 bits per heavy atom. The third-order valence-corrected chi connectivity index (χ3v) is 5.04. The van der Waals surface area contributed by atoms with Crippen molar-refractivity contribution < 1.29 is 18.0 Å². The molecule has 0 spiro atoms. The second-order valence-corrected chi connectivity index (χ2v) is 7.33. The molecule has 3 aromatic rings. The molecule has 1 aliphatic heterocycles. The van der Waals surface area contributed by atoms with E-state index in [4.69, 9.17) is 0 Å². The van der Waals surface area contributed by atoms with Crippen molar-refractivity contribution in [1.29, 1.82) is 0 Å². The fourth-order valence-corrected chi connectivity index (χ4v) is 3.63. The molecule has 0 fully saturated rings. The standard InChI is InChI=1S/C22H20F3N5O/c23-22(24,25)14-30-8-6-15-1-3-19(9-17(15)13-30)29-21(31)4-2-16-10-26-7-5-20(16)18-11-27-28-12-18/h1-5,7,9-12H,6,8,13-14H2,(H,27,28)(H,29,31).